The van der Waals surface area contributed by atoms with E-state index in [4.69, 9.17) is 10.2 Å². The quantitative estimate of drug-likeness (QED) is 0.507. The average Bonchev–Trinajstić information content (AvgIpc) is 2.28. The van der Waals surface area contributed by atoms with Gasteiger partial charge in [-0.2, -0.15) is 0 Å². The summed E-state index contributed by atoms with van der Waals surface area (Å²) in [6.07, 6.45) is 0. The third-order valence-electron chi connectivity index (χ3n) is 1.61. The van der Waals surface area contributed by atoms with Crippen LogP contribution in [0.15, 0.2) is 4.99 Å². The van der Waals surface area contributed by atoms with Gasteiger partial charge in [0.1, 0.15) is 20.0 Å². The molecule has 1 heterocycles. The molecule has 1 fully saturated rings. The molecular formula is C6H11N3O3. The SMILES string of the molecule is CN1CC(=O)N(CO)/C1=N\CO. The first-order valence-corrected chi connectivity index (χ1v) is 3.48. The number of hydrogen-bond donors (Lipinski definition) is 2. The largest absolute Gasteiger partial charge is 0.376 e. The van der Waals surface area contributed by atoms with Gasteiger partial charge in [0.25, 0.3) is 5.91 Å². The fourth-order valence-electron chi connectivity index (χ4n) is 1.09. The Morgan fingerprint density at radius 3 is 2.75 bits per heavy atom. The minimum atomic E-state index is -0.401. The Morgan fingerprint density at radius 1 is 1.58 bits per heavy atom. The summed E-state index contributed by atoms with van der Waals surface area (Å²) >= 11 is 0. The zero-order valence-corrected chi connectivity index (χ0v) is 6.77. The zero-order chi connectivity index (χ0) is 9.14. The lowest BCUT2D eigenvalue weighted by Crippen LogP contribution is -2.34. The van der Waals surface area contributed by atoms with Crippen molar-refractivity contribution >= 4 is 11.9 Å². The van der Waals surface area contributed by atoms with Crippen LogP contribution in [0.25, 0.3) is 0 Å². The van der Waals surface area contributed by atoms with Gasteiger partial charge in [-0.15, -0.1) is 0 Å². The Balaban J connectivity index is 2.82. The van der Waals surface area contributed by atoms with E-state index >= 15 is 0 Å². The van der Waals surface area contributed by atoms with E-state index < -0.39 is 6.73 Å². The van der Waals surface area contributed by atoms with Gasteiger partial charge in [0.05, 0.1) is 0 Å². The van der Waals surface area contributed by atoms with Crippen molar-refractivity contribution in [3.05, 3.63) is 0 Å². The van der Waals surface area contributed by atoms with Crippen LogP contribution < -0.4 is 0 Å². The van der Waals surface area contributed by atoms with Crippen molar-refractivity contribution in [2.24, 2.45) is 4.99 Å². The molecule has 0 unspecified atom stereocenters. The topological polar surface area (TPSA) is 76.4 Å². The van der Waals surface area contributed by atoms with E-state index in [9.17, 15) is 4.79 Å². The fraction of sp³-hybridized carbons (Fsp3) is 0.667. The van der Waals surface area contributed by atoms with Gasteiger partial charge >= 0.3 is 0 Å². The van der Waals surface area contributed by atoms with E-state index in [0.717, 1.165) is 4.90 Å². The normalized spacial score (nSPS) is 21.2. The summed E-state index contributed by atoms with van der Waals surface area (Å²) in [5.74, 6) is 0.0946. The van der Waals surface area contributed by atoms with Crippen molar-refractivity contribution in [3.63, 3.8) is 0 Å². The van der Waals surface area contributed by atoms with Crippen LogP contribution in [-0.4, -0.2) is 58.9 Å². The number of nitrogens with zero attached hydrogens (tertiary/aromatic N) is 3. The lowest BCUT2D eigenvalue weighted by Gasteiger charge is -2.15. The number of carbonyl (C=O) groups is 1. The van der Waals surface area contributed by atoms with Gasteiger partial charge in [0.2, 0.25) is 5.96 Å². The number of aliphatic hydroxyl groups is 2. The maximum absolute atomic E-state index is 11.1. The minimum absolute atomic E-state index is 0.194. The summed E-state index contributed by atoms with van der Waals surface area (Å²) in [4.78, 5) is 17.4. The van der Waals surface area contributed by atoms with Gasteiger partial charge < -0.3 is 15.1 Å². The summed E-state index contributed by atoms with van der Waals surface area (Å²) < 4.78 is 0. The Hall–Kier alpha value is -1.14. The van der Waals surface area contributed by atoms with Crippen molar-refractivity contribution in [2.75, 3.05) is 27.1 Å². The van der Waals surface area contributed by atoms with E-state index in [0.29, 0.717) is 5.96 Å². The Labute approximate surface area is 69.7 Å². The van der Waals surface area contributed by atoms with Crippen molar-refractivity contribution in [2.45, 2.75) is 0 Å². The van der Waals surface area contributed by atoms with Crippen molar-refractivity contribution < 1.29 is 15.0 Å². The second-order valence-electron chi connectivity index (χ2n) is 2.42. The van der Waals surface area contributed by atoms with Crippen LogP contribution in [0.1, 0.15) is 0 Å². The smallest absolute Gasteiger partial charge is 0.250 e. The second-order valence-corrected chi connectivity index (χ2v) is 2.42. The van der Waals surface area contributed by atoms with Crippen molar-refractivity contribution in [3.8, 4) is 0 Å². The number of aliphatic hydroxyl groups excluding tert-OH is 2. The van der Waals surface area contributed by atoms with Gasteiger partial charge in [-0.1, -0.05) is 0 Å². The molecule has 6 nitrogen and oxygen atoms in total. The summed E-state index contributed by atoms with van der Waals surface area (Å²) in [5.41, 5.74) is 0. The van der Waals surface area contributed by atoms with Gasteiger partial charge in [-0.05, 0) is 0 Å². The third kappa shape index (κ3) is 1.39. The summed E-state index contributed by atoms with van der Waals surface area (Å²) in [6.45, 7) is -0.592. The van der Waals surface area contributed by atoms with Crippen LogP contribution >= 0.6 is 0 Å². The number of likely N-dealkylation sites (N-methyl/N-ethyl adjacent to an activating group) is 1. The minimum Gasteiger partial charge on any atom is -0.376 e. The molecule has 0 spiro atoms. The Bertz CT molecular complexity index is 216. The lowest BCUT2D eigenvalue weighted by molar-refractivity contribution is -0.127. The molecule has 0 aromatic carbocycles. The molecule has 0 saturated carbocycles. The molecule has 0 aromatic rings. The van der Waals surface area contributed by atoms with Gasteiger partial charge in [-0.25, -0.2) is 4.99 Å². The summed E-state index contributed by atoms with van der Waals surface area (Å²) in [7, 11) is 1.67. The lowest BCUT2D eigenvalue weighted by atomic mass is 10.6. The fourth-order valence-corrected chi connectivity index (χ4v) is 1.09. The first kappa shape index (κ1) is 8.95. The molecule has 68 valence electrons. The van der Waals surface area contributed by atoms with Crippen LogP contribution in [0, 0.1) is 0 Å². The number of rotatable bonds is 2. The molecule has 1 aliphatic heterocycles. The monoisotopic (exact) mass is 173 g/mol. The highest BCUT2D eigenvalue weighted by Crippen LogP contribution is 2.06. The van der Waals surface area contributed by atoms with Crippen molar-refractivity contribution in [1.82, 2.24) is 9.80 Å². The standard InChI is InChI=1S/C6H11N3O3/c1-8-2-5(12)9(4-11)6(8)7-3-10/h10-11H,2-4H2,1H3/b7-6-. The number of guanidine groups is 1. The van der Waals surface area contributed by atoms with Crippen molar-refractivity contribution in [1.29, 1.82) is 0 Å². The molecular weight excluding hydrogens is 162 g/mol. The zero-order valence-electron chi connectivity index (χ0n) is 6.77. The van der Waals surface area contributed by atoms with E-state index in [1.165, 1.54) is 0 Å². The van der Waals surface area contributed by atoms with Gasteiger partial charge in [0.15, 0.2) is 0 Å². The average molecular weight is 173 g/mol. The van der Waals surface area contributed by atoms with Crippen LogP contribution in [0.5, 0.6) is 0 Å². The van der Waals surface area contributed by atoms with E-state index in [2.05, 4.69) is 4.99 Å². The molecule has 6 heteroatoms. The molecule has 1 rings (SSSR count). The predicted molar refractivity (Wildman–Crippen MR) is 41.1 cm³/mol. The van der Waals surface area contributed by atoms with Gasteiger partial charge in [-0.3, -0.25) is 9.69 Å². The highest BCUT2D eigenvalue weighted by molar-refractivity contribution is 6.04. The highest BCUT2D eigenvalue weighted by Gasteiger charge is 2.30. The number of hydrogen-bond acceptors (Lipinski definition) is 4. The Kier molecular flexibility index (Phi) is 2.61. The molecule has 1 saturated heterocycles. The van der Waals surface area contributed by atoms with Crippen LogP contribution in [0.4, 0.5) is 0 Å². The summed E-state index contributed by atoms with van der Waals surface area (Å²) in [6, 6.07) is 0. The molecule has 0 bridgehead atoms. The van der Waals surface area contributed by atoms with E-state index in [1.54, 1.807) is 11.9 Å². The maximum atomic E-state index is 11.1. The maximum Gasteiger partial charge on any atom is 0.250 e. The van der Waals surface area contributed by atoms with Gasteiger partial charge in [0, 0.05) is 7.05 Å². The highest BCUT2D eigenvalue weighted by atomic mass is 16.3. The first-order chi connectivity index (χ1) is 5.70. The molecule has 1 aliphatic rings. The van der Waals surface area contributed by atoms with Crippen LogP contribution in [-0.2, 0) is 4.79 Å². The molecule has 1 amide bonds. The number of amides is 1. The molecule has 0 aromatic heterocycles. The molecule has 2 N–H and O–H groups in total. The third-order valence-corrected chi connectivity index (χ3v) is 1.61. The van der Waals surface area contributed by atoms with Crippen LogP contribution in [0.3, 0.4) is 0 Å². The molecule has 0 aliphatic carbocycles. The first-order valence-electron chi connectivity index (χ1n) is 3.48. The van der Waals surface area contributed by atoms with Crippen LogP contribution in [0.2, 0.25) is 0 Å². The number of aliphatic imine (C=N–C) groups is 1. The second kappa shape index (κ2) is 3.51. The number of carbonyl (C=O) groups excluding carboxylic acids is 1. The summed E-state index contributed by atoms with van der Waals surface area (Å²) in [5, 5.41) is 17.3. The molecule has 0 atom stereocenters. The Morgan fingerprint density at radius 2 is 2.25 bits per heavy atom. The molecule has 0 radical (unpaired) electrons. The van der Waals surface area contributed by atoms with E-state index in [-0.39, 0.29) is 19.2 Å². The molecule has 12 heavy (non-hydrogen) atoms. The van der Waals surface area contributed by atoms with E-state index in [1.807, 2.05) is 0 Å². The predicted octanol–water partition coefficient (Wildman–Crippen LogP) is -1.98.